The molecule has 2 N–H and O–H groups in total. The molecule has 0 amide bonds. The van der Waals surface area contributed by atoms with E-state index in [0.717, 1.165) is 0 Å². The molecule has 0 spiro atoms. The van der Waals surface area contributed by atoms with Crippen LogP contribution in [-0.4, -0.2) is 17.3 Å². The zero-order valence-electron chi connectivity index (χ0n) is 11.2. The molecule has 0 saturated heterocycles. The van der Waals surface area contributed by atoms with Crippen molar-refractivity contribution in [3.8, 4) is 28.6 Å². The van der Waals surface area contributed by atoms with Crippen LogP contribution in [0.5, 0.6) is 17.2 Å². The third-order valence-corrected chi connectivity index (χ3v) is 3.19. The second-order valence-electron chi connectivity index (χ2n) is 4.50. The summed E-state index contributed by atoms with van der Waals surface area (Å²) in [6.45, 7) is 0. The maximum atomic E-state index is 12.2. The van der Waals surface area contributed by atoms with E-state index in [1.54, 1.807) is 12.1 Å². The number of hydrogen-bond donors (Lipinski definition) is 2. The topological polar surface area (TPSA) is 79.9 Å². The number of aromatic hydroxyl groups is 2. The molecule has 0 aliphatic heterocycles. The summed E-state index contributed by atoms with van der Waals surface area (Å²) in [5, 5.41) is 19.9. The Balaban J connectivity index is 2.36. The fourth-order valence-electron chi connectivity index (χ4n) is 2.19. The smallest absolute Gasteiger partial charge is 0.206 e. The molecule has 5 nitrogen and oxygen atoms in total. The SMILES string of the molecule is COc1c(O)cc2c(=O)cc(-c3ccccc3)oc2c1O. The van der Waals surface area contributed by atoms with Crippen molar-refractivity contribution in [2.75, 3.05) is 7.11 Å². The van der Waals surface area contributed by atoms with Gasteiger partial charge in [0.25, 0.3) is 0 Å². The van der Waals surface area contributed by atoms with Gasteiger partial charge in [-0.05, 0) is 6.07 Å². The number of methoxy groups -OCH3 is 1. The van der Waals surface area contributed by atoms with E-state index in [4.69, 9.17) is 9.15 Å². The lowest BCUT2D eigenvalue weighted by molar-refractivity contribution is 0.344. The molecular formula is C16H12O5. The molecule has 3 aromatic rings. The van der Waals surface area contributed by atoms with Crippen LogP contribution in [0, 0.1) is 0 Å². The molecule has 21 heavy (non-hydrogen) atoms. The van der Waals surface area contributed by atoms with Gasteiger partial charge in [-0.1, -0.05) is 30.3 Å². The summed E-state index contributed by atoms with van der Waals surface area (Å²) in [5.41, 5.74) is 0.335. The van der Waals surface area contributed by atoms with Gasteiger partial charge < -0.3 is 19.4 Å². The van der Waals surface area contributed by atoms with Crippen LogP contribution in [0.1, 0.15) is 0 Å². The number of ether oxygens (including phenoxy) is 1. The molecule has 1 aromatic heterocycles. The molecule has 0 radical (unpaired) electrons. The number of rotatable bonds is 2. The minimum absolute atomic E-state index is 0.0176. The zero-order valence-corrected chi connectivity index (χ0v) is 11.2. The van der Waals surface area contributed by atoms with E-state index in [2.05, 4.69) is 0 Å². The lowest BCUT2D eigenvalue weighted by Gasteiger charge is -2.09. The van der Waals surface area contributed by atoms with Gasteiger partial charge in [0, 0.05) is 11.6 Å². The van der Waals surface area contributed by atoms with Crippen molar-refractivity contribution in [1.29, 1.82) is 0 Å². The van der Waals surface area contributed by atoms with Gasteiger partial charge in [-0.2, -0.15) is 0 Å². The Morgan fingerprint density at radius 3 is 2.48 bits per heavy atom. The summed E-state index contributed by atoms with van der Waals surface area (Å²) in [7, 11) is 1.31. The van der Waals surface area contributed by atoms with Gasteiger partial charge in [-0.3, -0.25) is 4.79 Å². The largest absolute Gasteiger partial charge is 0.504 e. The molecule has 106 valence electrons. The molecule has 3 rings (SSSR count). The van der Waals surface area contributed by atoms with E-state index in [1.807, 2.05) is 18.2 Å². The molecule has 1 heterocycles. The summed E-state index contributed by atoms with van der Waals surface area (Å²) in [6.07, 6.45) is 0. The Morgan fingerprint density at radius 2 is 1.81 bits per heavy atom. The van der Waals surface area contributed by atoms with E-state index < -0.39 is 5.75 Å². The van der Waals surface area contributed by atoms with E-state index in [-0.39, 0.29) is 27.9 Å². The Kier molecular flexibility index (Phi) is 3.02. The minimum Gasteiger partial charge on any atom is -0.504 e. The van der Waals surface area contributed by atoms with Crippen LogP contribution in [0.3, 0.4) is 0 Å². The molecule has 0 aliphatic carbocycles. The number of hydrogen-bond acceptors (Lipinski definition) is 5. The van der Waals surface area contributed by atoms with Crippen molar-refractivity contribution in [2.45, 2.75) is 0 Å². The summed E-state index contributed by atoms with van der Waals surface area (Å²) in [5.74, 6) is -0.517. The van der Waals surface area contributed by atoms with Gasteiger partial charge in [-0.15, -0.1) is 0 Å². The normalized spacial score (nSPS) is 10.7. The standard InChI is InChI=1S/C16H12O5/c1-20-16-12(18)7-10-11(17)8-13(21-15(10)14(16)19)9-5-3-2-4-6-9/h2-8,18-19H,1H3. The quantitative estimate of drug-likeness (QED) is 0.756. The Hall–Kier alpha value is -2.95. The molecule has 0 fully saturated rings. The zero-order chi connectivity index (χ0) is 15.0. The molecule has 2 aromatic carbocycles. The van der Waals surface area contributed by atoms with Gasteiger partial charge in [0.05, 0.1) is 12.5 Å². The Morgan fingerprint density at radius 1 is 1.10 bits per heavy atom. The Labute approximate surface area is 119 Å². The third kappa shape index (κ3) is 2.08. The monoisotopic (exact) mass is 284 g/mol. The fraction of sp³-hybridized carbons (Fsp3) is 0.0625. The average Bonchev–Trinajstić information content (AvgIpc) is 2.49. The summed E-state index contributed by atoms with van der Waals surface area (Å²) in [6, 6.07) is 11.6. The first-order valence-electron chi connectivity index (χ1n) is 6.24. The summed E-state index contributed by atoms with van der Waals surface area (Å²) >= 11 is 0. The fourth-order valence-corrected chi connectivity index (χ4v) is 2.19. The lowest BCUT2D eigenvalue weighted by atomic mass is 10.1. The van der Waals surface area contributed by atoms with Crippen molar-refractivity contribution in [3.05, 3.63) is 52.7 Å². The minimum atomic E-state index is -0.401. The van der Waals surface area contributed by atoms with Crippen LogP contribution >= 0.6 is 0 Å². The number of benzene rings is 2. The molecule has 0 saturated carbocycles. The van der Waals surface area contributed by atoms with Crippen molar-refractivity contribution >= 4 is 11.0 Å². The summed E-state index contributed by atoms with van der Waals surface area (Å²) < 4.78 is 10.5. The van der Waals surface area contributed by atoms with Gasteiger partial charge >= 0.3 is 0 Å². The van der Waals surface area contributed by atoms with E-state index in [0.29, 0.717) is 11.3 Å². The van der Waals surface area contributed by atoms with Gasteiger partial charge in [0.1, 0.15) is 5.76 Å². The number of phenolic OH excluding ortho intramolecular Hbond substituents is 2. The number of fused-ring (bicyclic) bond motifs is 1. The van der Waals surface area contributed by atoms with Crippen LogP contribution in [0.15, 0.2) is 51.7 Å². The highest BCUT2D eigenvalue weighted by molar-refractivity contribution is 5.88. The molecular weight excluding hydrogens is 272 g/mol. The number of phenols is 2. The van der Waals surface area contributed by atoms with Gasteiger partial charge in [0.2, 0.25) is 11.5 Å². The second kappa shape index (κ2) is 4.86. The first kappa shape index (κ1) is 13.1. The van der Waals surface area contributed by atoms with E-state index in [9.17, 15) is 15.0 Å². The lowest BCUT2D eigenvalue weighted by Crippen LogP contribution is -2.01. The van der Waals surface area contributed by atoms with Crippen LogP contribution in [0.25, 0.3) is 22.3 Å². The maximum absolute atomic E-state index is 12.2. The maximum Gasteiger partial charge on any atom is 0.206 e. The highest BCUT2D eigenvalue weighted by atomic mass is 16.5. The average molecular weight is 284 g/mol. The predicted octanol–water partition coefficient (Wildman–Crippen LogP) is 2.88. The molecule has 5 heteroatoms. The van der Waals surface area contributed by atoms with Crippen molar-refractivity contribution in [1.82, 2.24) is 0 Å². The van der Waals surface area contributed by atoms with Gasteiger partial charge in [-0.25, -0.2) is 0 Å². The van der Waals surface area contributed by atoms with Crippen LogP contribution < -0.4 is 10.2 Å². The van der Waals surface area contributed by atoms with Crippen molar-refractivity contribution in [3.63, 3.8) is 0 Å². The third-order valence-electron chi connectivity index (χ3n) is 3.19. The first-order valence-corrected chi connectivity index (χ1v) is 6.24. The van der Waals surface area contributed by atoms with Crippen LogP contribution in [0.2, 0.25) is 0 Å². The van der Waals surface area contributed by atoms with Crippen molar-refractivity contribution < 1.29 is 19.4 Å². The van der Waals surface area contributed by atoms with Crippen molar-refractivity contribution in [2.24, 2.45) is 0 Å². The molecule has 0 atom stereocenters. The van der Waals surface area contributed by atoms with E-state index in [1.165, 1.54) is 19.2 Å². The predicted molar refractivity (Wildman–Crippen MR) is 77.8 cm³/mol. The second-order valence-corrected chi connectivity index (χ2v) is 4.50. The summed E-state index contributed by atoms with van der Waals surface area (Å²) in [4.78, 5) is 12.2. The van der Waals surface area contributed by atoms with Gasteiger partial charge in [0.15, 0.2) is 16.8 Å². The highest BCUT2D eigenvalue weighted by Crippen LogP contribution is 2.41. The Bertz CT molecular complexity index is 865. The van der Waals surface area contributed by atoms with Crippen LogP contribution in [0.4, 0.5) is 0 Å². The van der Waals surface area contributed by atoms with E-state index >= 15 is 0 Å². The first-order chi connectivity index (χ1) is 10.1. The molecule has 0 unspecified atom stereocenters. The van der Waals surface area contributed by atoms with Crippen LogP contribution in [-0.2, 0) is 0 Å². The molecule has 0 bridgehead atoms. The highest BCUT2D eigenvalue weighted by Gasteiger charge is 2.18. The molecule has 0 aliphatic rings.